The number of benzene rings is 1. The van der Waals surface area contributed by atoms with Gasteiger partial charge in [-0.2, -0.15) is 0 Å². The molecular weight excluding hydrogens is 334 g/mol. The highest BCUT2D eigenvalue weighted by molar-refractivity contribution is 5.93. The van der Waals surface area contributed by atoms with Crippen LogP contribution in [-0.2, 0) is 0 Å². The third kappa shape index (κ3) is 3.15. The van der Waals surface area contributed by atoms with Crippen molar-refractivity contribution in [1.82, 2.24) is 14.9 Å². The van der Waals surface area contributed by atoms with Crippen LogP contribution in [0.4, 0.5) is 0 Å². The van der Waals surface area contributed by atoms with Gasteiger partial charge >= 0.3 is 0 Å². The summed E-state index contributed by atoms with van der Waals surface area (Å²) >= 11 is 0. The van der Waals surface area contributed by atoms with Gasteiger partial charge in [-0.15, -0.1) is 0 Å². The first-order chi connectivity index (χ1) is 13.1. The zero-order chi connectivity index (χ0) is 18.4. The number of carbonyl (C=O) groups excluding carboxylic acids is 1. The number of hydrogen-bond acceptors (Lipinski definition) is 3. The number of rotatable bonds is 4. The van der Waals surface area contributed by atoms with E-state index < -0.39 is 0 Å². The quantitative estimate of drug-likeness (QED) is 0.809. The van der Waals surface area contributed by atoms with Gasteiger partial charge in [0, 0.05) is 31.5 Å². The molecule has 140 valence electrons. The topological polar surface area (TPSA) is 46.1 Å². The minimum atomic E-state index is 0.0466. The second kappa shape index (κ2) is 6.43. The Hall–Kier alpha value is -2.23. The van der Waals surface area contributed by atoms with E-state index in [1.807, 2.05) is 42.3 Å². The maximum Gasteiger partial charge on any atom is 0.256 e. The van der Waals surface area contributed by atoms with Gasteiger partial charge in [0.25, 0.3) is 5.91 Å². The van der Waals surface area contributed by atoms with Crippen molar-refractivity contribution in [2.24, 2.45) is 23.2 Å². The summed E-state index contributed by atoms with van der Waals surface area (Å²) in [4.78, 5) is 23.7. The molecule has 4 saturated carbocycles. The number of carbonyl (C=O) groups is 1. The lowest BCUT2D eigenvalue weighted by Crippen LogP contribution is -2.51. The molecule has 0 spiro atoms. The van der Waals surface area contributed by atoms with Gasteiger partial charge in [-0.25, -0.2) is 9.97 Å². The second-order valence-electron chi connectivity index (χ2n) is 9.24. The Balaban J connectivity index is 1.29. The minimum absolute atomic E-state index is 0.0466. The van der Waals surface area contributed by atoms with Crippen molar-refractivity contribution in [3.8, 4) is 11.4 Å². The SMILES string of the molecule is CN(CC12CC3CC(CC(C3)C1)C2)C(=O)c1cnc(-c2ccccc2)nc1. The molecule has 0 radical (unpaired) electrons. The first kappa shape index (κ1) is 16.9. The monoisotopic (exact) mass is 361 g/mol. The van der Waals surface area contributed by atoms with E-state index in [1.165, 1.54) is 38.5 Å². The molecule has 1 aromatic carbocycles. The summed E-state index contributed by atoms with van der Waals surface area (Å²) in [5.41, 5.74) is 1.92. The molecule has 1 aromatic heterocycles. The van der Waals surface area contributed by atoms with Crippen LogP contribution >= 0.6 is 0 Å². The standard InChI is InChI=1S/C23H27N3O/c1-26(15-23-10-16-7-17(11-23)9-18(8-16)12-23)22(27)20-13-24-21(25-14-20)19-5-3-2-4-6-19/h2-6,13-14,16-18H,7-12,15H2,1H3. The van der Waals surface area contributed by atoms with Gasteiger partial charge < -0.3 is 4.90 Å². The fourth-order valence-electron chi connectivity index (χ4n) is 6.45. The molecule has 0 unspecified atom stereocenters. The summed E-state index contributed by atoms with van der Waals surface area (Å²) < 4.78 is 0. The molecule has 4 heteroatoms. The van der Waals surface area contributed by atoms with Gasteiger partial charge in [0.2, 0.25) is 0 Å². The highest BCUT2D eigenvalue weighted by atomic mass is 16.2. The molecular formula is C23H27N3O. The van der Waals surface area contributed by atoms with E-state index in [0.29, 0.717) is 16.8 Å². The lowest BCUT2D eigenvalue weighted by molar-refractivity contribution is -0.0629. The van der Waals surface area contributed by atoms with Crippen molar-refractivity contribution in [3.05, 3.63) is 48.3 Å². The Kier molecular flexibility index (Phi) is 4.03. The molecule has 2 aromatic rings. The van der Waals surface area contributed by atoms with Crippen LogP contribution in [0.2, 0.25) is 0 Å². The van der Waals surface area contributed by atoms with Crippen molar-refractivity contribution < 1.29 is 4.79 Å². The summed E-state index contributed by atoms with van der Waals surface area (Å²) in [6, 6.07) is 9.88. The van der Waals surface area contributed by atoms with E-state index >= 15 is 0 Å². The molecule has 4 aliphatic carbocycles. The highest BCUT2D eigenvalue weighted by Crippen LogP contribution is 2.60. The van der Waals surface area contributed by atoms with E-state index in [9.17, 15) is 4.79 Å². The molecule has 27 heavy (non-hydrogen) atoms. The predicted molar refractivity (Wildman–Crippen MR) is 105 cm³/mol. The molecule has 0 atom stereocenters. The van der Waals surface area contributed by atoms with Crippen LogP contribution < -0.4 is 0 Å². The van der Waals surface area contributed by atoms with Crippen LogP contribution in [0.1, 0.15) is 48.9 Å². The Morgan fingerprint density at radius 1 is 1.00 bits per heavy atom. The number of hydrogen-bond donors (Lipinski definition) is 0. The Labute approximate surface area is 161 Å². The maximum absolute atomic E-state index is 13.0. The van der Waals surface area contributed by atoms with Crippen molar-refractivity contribution in [2.75, 3.05) is 13.6 Å². The van der Waals surface area contributed by atoms with Gasteiger partial charge in [-0.05, 0) is 61.7 Å². The van der Waals surface area contributed by atoms with Crippen LogP contribution in [0.15, 0.2) is 42.7 Å². The average Bonchev–Trinajstić information content (AvgIpc) is 2.67. The van der Waals surface area contributed by atoms with E-state index in [2.05, 4.69) is 9.97 Å². The van der Waals surface area contributed by atoms with Gasteiger partial charge in [0.05, 0.1) is 5.56 Å². The van der Waals surface area contributed by atoms with Crippen LogP contribution in [0.5, 0.6) is 0 Å². The number of amides is 1. The normalized spacial score (nSPS) is 31.1. The van der Waals surface area contributed by atoms with Crippen molar-refractivity contribution in [2.45, 2.75) is 38.5 Å². The Bertz CT molecular complexity index is 795. The minimum Gasteiger partial charge on any atom is -0.341 e. The summed E-state index contributed by atoms with van der Waals surface area (Å²) in [5.74, 6) is 3.44. The summed E-state index contributed by atoms with van der Waals surface area (Å²) in [5, 5.41) is 0. The first-order valence-electron chi connectivity index (χ1n) is 10.2. The van der Waals surface area contributed by atoms with Gasteiger partial charge in [0.1, 0.15) is 0 Å². The average molecular weight is 361 g/mol. The lowest BCUT2D eigenvalue weighted by Gasteiger charge is -2.57. The fourth-order valence-corrected chi connectivity index (χ4v) is 6.45. The zero-order valence-electron chi connectivity index (χ0n) is 16.0. The first-order valence-corrected chi connectivity index (χ1v) is 10.2. The van der Waals surface area contributed by atoms with Gasteiger partial charge in [-0.3, -0.25) is 4.79 Å². The van der Waals surface area contributed by atoms with Crippen molar-refractivity contribution in [3.63, 3.8) is 0 Å². The molecule has 1 amide bonds. The number of aromatic nitrogens is 2. The van der Waals surface area contributed by atoms with Crippen molar-refractivity contribution in [1.29, 1.82) is 0 Å². The molecule has 4 bridgehead atoms. The Morgan fingerprint density at radius 3 is 2.11 bits per heavy atom. The molecule has 4 nitrogen and oxygen atoms in total. The Morgan fingerprint density at radius 2 is 1.56 bits per heavy atom. The fraction of sp³-hybridized carbons (Fsp3) is 0.522. The van der Waals surface area contributed by atoms with Crippen molar-refractivity contribution >= 4 is 5.91 Å². The summed E-state index contributed by atoms with van der Waals surface area (Å²) in [7, 11) is 1.95. The molecule has 4 fully saturated rings. The third-order valence-corrected chi connectivity index (χ3v) is 7.02. The van der Waals surface area contributed by atoms with Crippen LogP contribution in [0.3, 0.4) is 0 Å². The molecule has 1 heterocycles. The van der Waals surface area contributed by atoms with Crippen LogP contribution in [0.25, 0.3) is 11.4 Å². The molecule has 0 aliphatic heterocycles. The zero-order valence-corrected chi connectivity index (χ0v) is 16.0. The van der Waals surface area contributed by atoms with Crippen LogP contribution in [-0.4, -0.2) is 34.4 Å². The molecule has 6 rings (SSSR count). The largest absolute Gasteiger partial charge is 0.341 e. The van der Waals surface area contributed by atoms with E-state index in [-0.39, 0.29) is 5.91 Å². The lowest BCUT2D eigenvalue weighted by atomic mass is 9.49. The van der Waals surface area contributed by atoms with E-state index in [4.69, 9.17) is 0 Å². The van der Waals surface area contributed by atoms with Gasteiger partial charge in [-0.1, -0.05) is 30.3 Å². The third-order valence-electron chi connectivity index (χ3n) is 7.02. The van der Waals surface area contributed by atoms with E-state index in [1.54, 1.807) is 12.4 Å². The smallest absolute Gasteiger partial charge is 0.256 e. The maximum atomic E-state index is 13.0. The summed E-state index contributed by atoms with van der Waals surface area (Å²) in [6.07, 6.45) is 11.6. The second-order valence-corrected chi connectivity index (χ2v) is 9.24. The predicted octanol–water partition coefficient (Wildman–Crippen LogP) is 4.43. The molecule has 4 aliphatic rings. The summed E-state index contributed by atoms with van der Waals surface area (Å²) in [6.45, 7) is 0.885. The highest BCUT2D eigenvalue weighted by Gasteiger charge is 2.51. The van der Waals surface area contributed by atoms with Crippen LogP contribution in [0, 0.1) is 23.2 Å². The van der Waals surface area contributed by atoms with Gasteiger partial charge in [0.15, 0.2) is 5.82 Å². The number of nitrogens with zero attached hydrogens (tertiary/aromatic N) is 3. The molecule has 0 N–H and O–H groups in total. The molecule has 0 saturated heterocycles. The van der Waals surface area contributed by atoms with E-state index in [0.717, 1.165) is 29.9 Å².